The van der Waals surface area contributed by atoms with E-state index in [0.29, 0.717) is 5.92 Å². The van der Waals surface area contributed by atoms with Crippen molar-refractivity contribution in [2.24, 2.45) is 5.92 Å². The van der Waals surface area contributed by atoms with Gasteiger partial charge in [0, 0.05) is 15.5 Å². The maximum Gasteiger partial charge on any atom is 0.146 e. The molecule has 0 saturated carbocycles. The monoisotopic (exact) mass is 388 g/mol. The van der Waals surface area contributed by atoms with Crippen molar-refractivity contribution >= 4 is 62.3 Å². The molecule has 0 aliphatic rings. The Balaban J connectivity index is 0.00000289. The predicted molar refractivity (Wildman–Crippen MR) is 94.1 cm³/mol. The first-order valence-corrected chi connectivity index (χ1v) is 10.8. The fourth-order valence-electron chi connectivity index (χ4n) is 1.51. The third kappa shape index (κ3) is 6.40. The Morgan fingerprint density at radius 1 is 1.39 bits per heavy atom. The third-order valence-corrected chi connectivity index (χ3v) is 8.73. The summed E-state index contributed by atoms with van der Waals surface area (Å²) < 4.78 is 1.01. The van der Waals surface area contributed by atoms with Crippen LogP contribution in [-0.4, -0.2) is 10.6 Å². The Bertz CT molecular complexity index is 400. The number of halogens is 2. The maximum atomic E-state index is 10.4. The lowest BCUT2D eigenvalue weighted by Crippen LogP contribution is -2.04. The van der Waals surface area contributed by atoms with Crippen LogP contribution in [-0.2, 0) is 11.8 Å². The van der Waals surface area contributed by atoms with Crippen molar-refractivity contribution in [3.63, 3.8) is 0 Å². The number of benzene rings is 1. The van der Waals surface area contributed by atoms with Gasteiger partial charge in [0.25, 0.3) is 0 Å². The minimum absolute atomic E-state index is 0. The Morgan fingerprint density at radius 2 is 1.94 bits per heavy atom. The lowest BCUT2D eigenvalue weighted by Gasteiger charge is -2.17. The molecule has 0 spiro atoms. The molecule has 0 amide bonds. The molecule has 0 saturated heterocycles. The van der Waals surface area contributed by atoms with E-state index in [4.69, 9.17) is 11.8 Å². The van der Waals surface area contributed by atoms with Gasteiger partial charge in [0.05, 0.1) is 0 Å². The summed E-state index contributed by atoms with van der Waals surface area (Å²) in [6.45, 7) is 4.40. The summed E-state index contributed by atoms with van der Waals surface area (Å²) in [4.78, 5) is 10.4. The van der Waals surface area contributed by atoms with Crippen LogP contribution in [0, 0.1) is 5.92 Å². The summed E-state index contributed by atoms with van der Waals surface area (Å²) >= 11 is 10.3. The Labute approximate surface area is 134 Å². The quantitative estimate of drug-likeness (QED) is 0.694. The van der Waals surface area contributed by atoms with Crippen molar-refractivity contribution in [2.45, 2.75) is 26.7 Å². The second kappa shape index (κ2) is 8.99. The van der Waals surface area contributed by atoms with Crippen molar-refractivity contribution in [1.82, 2.24) is 0 Å². The summed E-state index contributed by atoms with van der Waals surface area (Å²) in [5.74, 6) is 1.56. The summed E-state index contributed by atoms with van der Waals surface area (Å²) in [5.41, 5.74) is -2.41. The first-order valence-electron chi connectivity index (χ1n) is 5.69. The first kappa shape index (κ1) is 18.9. The van der Waals surface area contributed by atoms with E-state index >= 15 is 0 Å². The van der Waals surface area contributed by atoms with E-state index in [-0.39, 0.29) is 12.4 Å². The number of rotatable bonds is 6. The topological polar surface area (TPSA) is 20.2 Å². The van der Waals surface area contributed by atoms with E-state index in [9.17, 15) is 4.89 Å². The maximum absolute atomic E-state index is 10.4. The van der Waals surface area contributed by atoms with Gasteiger partial charge in [-0.3, -0.25) is 0 Å². The molecule has 1 nitrogen and oxygen atoms in total. The molecule has 1 aromatic rings. The average Bonchev–Trinajstić information content (AvgIpc) is 2.28. The van der Waals surface area contributed by atoms with E-state index in [1.807, 2.05) is 24.3 Å². The van der Waals surface area contributed by atoms with E-state index in [1.165, 1.54) is 12.8 Å². The van der Waals surface area contributed by atoms with Crippen LogP contribution in [0.1, 0.15) is 26.7 Å². The summed E-state index contributed by atoms with van der Waals surface area (Å²) in [5, 5.41) is 0.893. The lowest BCUT2D eigenvalue weighted by molar-refractivity contribution is 0.585. The SMILES string of the molecule is CCCC(C)CSP(O)(=S)c1ccc(Br)cc1.Cl. The zero-order valence-electron chi connectivity index (χ0n) is 10.5. The van der Waals surface area contributed by atoms with E-state index in [2.05, 4.69) is 29.8 Å². The lowest BCUT2D eigenvalue weighted by atomic mass is 10.1. The van der Waals surface area contributed by atoms with Crippen LogP contribution in [0.2, 0.25) is 0 Å². The van der Waals surface area contributed by atoms with Gasteiger partial charge < -0.3 is 4.89 Å². The molecule has 6 heteroatoms. The zero-order valence-corrected chi connectivity index (χ0v) is 15.4. The number of hydrogen-bond donors (Lipinski definition) is 1. The van der Waals surface area contributed by atoms with E-state index in [1.54, 1.807) is 11.4 Å². The van der Waals surface area contributed by atoms with Gasteiger partial charge in [-0.2, -0.15) is 0 Å². The van der Waals surface area contributed by atoms with Gasteiger partial charge in [0.1, 0.15) is 5.47 Å². The van der Waals surface area contributed by atoms with Crippen LogP contribution in [0.5, 0.6) is 0 Å². The summed E-state index contributed by atoms with van der Waals surface area (Å²) in [7, 11) is 0. The zero-order chi connectivity index (χ0) is 12.9. The molecular formula is C12H19BrClOPS2. The first-order chi connectivity index (χ1) is 7.95. The molecular weight excluding hydrogens is 371 g/mol. The molecule has 0 radical (unpaired) electrons. The Morgan fingerprint density at radius 3 is 2.44 bits per heavy atom. The molecule has 1 rings (SSSR count). The number of hydrogen-bond acceptors (Lipinski definition) is 2. The van der Waals surface area contributed by atoms with Gasteiger partial charge in [-0.15, -0.1) is 12.4 Å². The second-order valence-corrected chi connectivity index (χ2v) is 11.9. The van der Waals surface area contributed by atoms with Gasteiger partial charge in [0.15, 0.2) is 0 Å². The second-order valence-electron chi connectivity index (χ2n) is 4.19. The molecule has 18 heavy (non-hydrogen) atoms. The van der Waals surface area contributed by atoms with Gasteiger partial charge in [-0.05, 0) is 30.2 Å². The van der Waals surface area contributed by atoms with Crippen molar-refractivity contribution in [3.05, 3.63) is 28.7 Å². The molecule has 1 N–H and O–H groups in total. The van der Waals surface area contributed by atoms with E-state index < -0.39 is 5.47 Å². The molecule has 104 valence electrons. The molecule has 2 atom stereocenters. The predicted octanol–water partition coefficient (Wildman–Crippen LogP) is 4.97. The highest BCUT2D eigenvalue weighted by atomic mass is 79.9. The van der Waals surface area contributed by atoms with E-state index in [0.717, 1.165) is 15.5 Å². The standard InChI is InChI=1S/C12H18BrOPS2.ClH/c1-3-4-10(2)9-17-15(14,16)12-7-5-11(13)6-8-12;/h5-8,10H,3-4,9H2,1-2H3,(H,14,16);1H. The van der Waals surface area contributed by atoms with Crippen LogP contribution in [0.3, 0.4) is 0 Å². The van der Waals surface area contributed by atoms with Gasteiger partial charge in [-0.25, -0.2) is 0 Å². The molecule has 2 unspecified atom stereocenters. The van der Waals surface area contributed by atoms with Crippen LogP contribution in [0.4, 0.5) is 0 Å². The van der Waals surface area contributed by atoms with Gasteiger partial charge in [-0.1, -0.05) is 65.8 Å². The molecule has 0 aliphatic carbocycles. The summed E-state index contributed by atoms with van der Waals surface area (Å²) in [6, 6.07) is 7.70. The molecule has 0 aromatic heterocycles. The fourth-order valence-corrected chi connectivity index (χ4v) is 6.17. The third-order valence-electron chi connectivity index (χ3n) is 2.47. The highest BCUT2D eigenvalue weighted by molar-refractivity contribution is 9.10. The van der Waals surface area contributed by atoms with Gasteiger partial charge >= 0.3 is 0 Å². The molecule has 0 aliphatic heterocycles. The van der Waals surface area contributed by atoms with Gasteiger partial charge in [0.2, 0.25) is 0 Å². The fraction of sp³-hybridized carbons (Fsp3) is 0.500. The van der Waals surface area contributed by atoms with Crippen LogP contribution in [0.15, 0.2) is 28.7 Å². The van der Waals surface area contributed by atoms with Crippen molar-refractivity contribution in [1.29, 1.82) is 0 Å². The van der Waals surface area contributed by atoms with Crippen LogP contribution >= 0.6 is 45.2 Å². The molecule has 0 bridgehead atoms. The molecule has 1 aromatic carbocycles. The smallest absolute Gasteiger partial charge is 0.146 e. The highest BCUT2D eigenvalue weighted by Gasteiger charge is 2.17. The minimum Gasteiger partial charge on any atom is -0.354 e. The Hall–Kier alpha value is 0.950. The average molecular weight is 390 g/mol. The highest BCUT2D eigenvalue weighted by Crippen LogP contribution is 2.54. The minimum atomic E-state index is -2.41. The van der Waals surface area contributed by atoms with Crippen molar-refractivity contribution < 1.29 is 4.89 Å². The Kier molecular flexibility index (Phi) is 9.47. The largest absolute Gasteiger partial charge is 0.354 e. The van der Waals surface area contributed by atoms with Crippen molar-refractivity contribution in [2.75, 3.05) is 5.75 Å². The molecule has 0 fully saturated rings. The van der Waals surface area contributed by atoms with Crippen molar-refractivity contribution in [3.8, 4) is 0 Å². The van der Waals surface area contributed by atoms with Crippen LogP contribution < -0.4 is 5.30 Å². The van der Waals surface area contributed by atoms with Crippen LogP contribution in [0.25, 0.3) is 0 Å². The summed E-state index contributed by atoms with van der Waals surface area (Å²) in [6.07, 6.45) is 2.39. The normalized spacial score (nSPS) is 15.6. The molecule has 0 heterocycles.